The van der Waals surface area contributed by atoms with Crippen LogP contribution in [0.5, 0.6) is 0 Å². The van der Waals surface area contributed by atoms with E-state index in [0.717, 1.165) is 4.90 Å². The highest BCUT2D eigenvalue weighted by Gasteiger charge is 1.97. The Morgan fingerprint density at radius 1 is 1.08 bits per heavy atom. The Labute approximate surface area is 77.6 Å². The minimum absolute atomic E-state index is 0.950. The summed E-state index contributed by atoms with van der Waals surface area (Å²) in [6.45, 7) is 2.07. The van der Waals surface area contributed by atoms with E-state index in [9.17, 15) is 0 Å². The molecule has 0 saturated carbocycles. The first-order valence-corrected chi connectivity index (χ1v) is 4.34. The van der Waals surface area contributed by atoms with Crippen LogP contribution in [0.15, 0.2) is 41.3 Å². The van der Waals surface area contributed by atoms with Crippen molar-refractivity contribution in [1.82, 2.24) is 0 Å². The summed E-state index contributed by atoms with van der Waals surface area (Å²) in [5.41, 5.74) is 1.23. The Bertz CT molecular complexity index is 418. The van der Waals surface area contributed by atoms with Crippen molar-refractivity contribution >= 4 is 23.4 Å². The molecule has 59 valence electrons. The summed E-state index contributed by atoms with van der Waals surface area (Å²) >= 11 is 5.24. The third-order valence-corrected chi connectivity index (χ3v) is 2.31. The fraction of sp³-hybridized carbons (Fsp3) is 0.0909. The van der Waals surface area contributed by atoms with Crippen LogP contribution in [-0.4, -0.2) is 0 Å². The largest absolute Gasteiger partial charge is 0.0794 e. The number of benzene rings is 2. The van der Waals surface area contributed by atoms with Crippen LogP contribution in [0, 0.1) is 6.92 Å². The SMILES string of the molecule is Cc1cc([S])c2ccccc2c1. The first-order chi connectivity index (χ1) is 5.77. The molecule has 12 heavy (non-hydrogen) atoms. The minimum atomic E-state index is 0.950. The summed E-state index contributed by atoms with van der Waals surface area (Å²) in [5.74, 6) is 0. The van der Waals surface area contributed by atoms with Gasteiger partial charge < -0.3 is 0 Å². The quantitative estimate of drug-likeness (QED) is 0.569. The molecule has 2 aromatic carbocycles. The van der Waals surface area contributed by atoms with Crippen LogP contribution in [0.2, 0.25) is 0 Å². The lowest BCUT2D eigenvalue weighted by Crippen LogP contribution is -1.77. The van der Waals surface area contributed by atoms with E-state index in [1.807, 2.05) is 18.2 Å². The number of hydrogen-bond acceptors (Lipinski definition) is 0. The number of fused-ring (bicyclic) bond motifs is 1. The van der Waals surface area contributed by atoms with Gasteiger partial charge in [-0.1, -0.05) is 43.0 Å². The highest BCUT2D eigenvalue weighted by atomic mass is 32.1. The van der Waals surface area contributed by atoms with Crippen LogP contribution in [-0.2, 0) is 0 Å². The van der Waals surface area contributed by atoms with E-state index in [2.05, 4.69) is 25.1 Å². The smallest absolute Gasteiger partial charge is 0.0458 e. The normalized spacial score (nSPS) is 10.4. The molecule has 0 fully saturated rings. The average molecular weight is 173 g/mol. The summed E-state index contributed by atoms with van der Waals surface area (Å²) in [6.07, 6.45) is 0. The monoisotopic (exact) mass is 173 g/mol. The van der Waals surface area contributed by atoms with Crippen LogP contribution in [0.3, 0.4) is 0 Å². The summed E-state index contributed by atoms with van der Waals surface area (Å²) in [4.78, 5) is 0.950. The fourth-order valence-electron chi connectivity index (χ4n) is 1.42. The molecule has 1 heteroatoms. The highest BCUT2D eigenvalue weighted by molar-refractivity contribution is 7.80. The van der Waals surface area contributed by atoms with E-state index in [1.54, 1.807) is 0 Å². The molecule has 0 spiro atoms. The summed E-state index contributed by atoms with van der Waals surface area (Å²) in [7, 11) is 0. The van der Waals surface area contributed by atoms with Crippen molar-refractivity contribution < 1.29 is 0 Å². The Morgan fingerprint density at radius 2 is 1.83 bits per heavy atom. The number of aryl methyl sites for hydroxylation is 1. The molecule has 0 bridgehead atoms. The number of hydrogen-bond donors (Lipinski definition) is 0. The van der Waals surface area contributed by atoms with Gasteiger partial charge in [0.15, 0.2) is 0 Å². The maximum Gasteiger partial charge on any atom is 0.0458 e. The molecule has 0 unspecified atom stereocenters. The van der Waals surface area contributed by atoms with Crippen molar-refractivity contribution in [1.29, 1.82) is 0 Å². The van der Waals surface area contributed by atoms with Crippen molar-refractivity contribution in [3.05, 3.63) is 42.0 Å². The first-order valence-electron chi connectivity index (χ1n) is 3.94. The van der Waals surface area contributed by atoms with Crippen molar-refractivity contribution in [2.45, 2.75) is 11.8 Å². The second-order valence-electron chi connectivity index (χ2n) is 2.98. The van der Waals surface area contributed by atoms with E-state index in [-0.39, 0.29) is 0 Å². The maximum atomic E-state index is 5.24. The molecule has 2 rings (SSSR count). The second kappa shape index (κ2) is 2.76. The molecule has 0 aliphatic carbocycles. The lowest BCUT2D eigenvalue weighted by Gasteiger charge is -2.01. The predicted molar refractivity (Wildman–Crippen MR) is 54.5 cm³/mol. The van der Waals surface area contributed by atoms with Gasteiger partial charge in [0.25, 0.3) is 0 Å². The van der Waals surface area contributed by atoms with Gasteiger partial charge in [0, 0.05) is 4.90 Å². The highest BCUT2D eigenvalue weighted by Crippen LogP contribution is 2.23. The Morgan fingerprint density at radius 3 is 2.67 bits per heavy atom. The zero-order chi connectivity index (χ0) is 8.55. The fourth-order valence-corrected chi connectivity index (χ4v) is 1.79. The van der Waals surface area contributed by atoms with Crippen molar-refractivity contribution in [2.75, 3.05) is 0 Å². The topological polar surface area (TPSA) is 0 Å². The summed E-state index contributed by atoms with van der Waals surface area (Å²) < 4.78 is 0. The Balaban J connectivity index is 2.89. The van der Waals surface area contributed by atoms with E-state index in [4.69, 9.17) is 12.6 Å². The second-order valence-corrected chi connectivity index (χ2v) is 3.42. The Hall–Kier alpha value is -1.08. The molecule has 2 aromatic rings. The van der Waals surface area contributed by atoms with Gasteiger partial charge in [0.2, 0.25) is 0 Å². The van der Waals surface area contributed by atoms with Crippen molar-refractivity contribution in [2.24, 2.45) is 0 Å². The minimum Gasteiger partial charge on any atom is -0.0794 e. The van der Waals surface area contributed by atoms with Gasteiger partial charge in [-0.3, -0.25) is 0 Å². The predicted octanol–water partition coefficient (Wildman–Crippen LogP) is 3.70. The molecule has 0 aromatic heterocycles. The molecular formula is C11H9S. The third-order valence-electron chi connectivity index (χ3n) is 1.97. The molecule has 0 saturated heterocycles. The molecule has 0 amide bonds. The zero-order valence-electron chi connectivity index (χ0n) is 6.87. The van der Waals surface area contributed by atoms with Gasteiger partial charge >= 0.3 is 0 Å². The maximum absolute atomic E-state index is 5.24. The lowest BCUT2D eigenvalue weighted by molar-refractivity contribution is 1.42. The van der Waals surface area contributed by atoms with Crippen LogP contribution < -0.4 is 0 Å². The number of rotatable bonds is 0. The van der Waals surface area contributed by atoms with Gasteiger partial charge in [-0.2, -0.15) is 0 Å². The van der Waals surface area contributed by atoms with Crippen LogP contribution in [0.4, 0.5) is 0 Å². The van der Waals surface area contributed by atoms with Gasteiger partial charge in [-0.15, -0.1) is 0 Å². The first kappa shape index (κ1) is 7.56. The Kier molecular flexibility index (Phi) is 1.74. The van der Waals surface area contributed by atoms with Crippen molar-refractivity contribution in [3.8, 4) is 0 Å². The molecule has 0 aliphatic rings. The molecule has 0 N–H and O–H groups in total. The van der Waals surface area contributed by atoms with Crippen LogP contribution in [0.25, 0.3) is 10.8 Å². The van der Waals surface area contributed by atoms with Gasteiger partial charge in [-0.25, -0.2) is 0 Å². The van der Waals surface area contributed by atoms with E-state index < -0.39 is 0 Å². The van der Waals surface area contributed by atoms with Crippen molar-refractivity contribution in [3.63, 3.8) is 0 Å². The molecule has 0 aliphatic heterocycles. The standard InChI is InChI=1S/C11H9S/c1-8-6-9-4-2-3-5-10(9)11(12)7-8/h2-7H,1H3. The lowest BCUT2D eigenvalue weighted by atomic mass is 10.1. The van der Waals surface area contributed by atoms with Crippen LogP contribution >= 0.6 is 12.6 Å². The zero-order valence-corrected chi connectivity index (χ0v) is 7.69. The molecule has 0 atom stereocenters. The van der Waals surface area contributed by atoms with E-state index >= 15 is 0 Å². The molecular weight excluding hydrogens is 164 g/mol. The summed E-state index contributed by atoms with van der Waals surface area (Å²) in [5, 5.41) is 2.42. The average Bonchev–Trinajstić information content (AvgIpc) is 2.04. The molecule has 0 heterocycles. The van der Waals surface area contributed by atoms with E-state index in [0.29, 0.717) is 0 Å². The van der Waals surface area contributed by atoms with Crippen LogP contribution in [0.1, 0.15) is 5.56 Å². The van der Waals surface area contributed by atoms with Gasteiger partial charge in [-0.05, 0) is 29.3 Å². The van der Waals surface area contributed by atoms with E-state index in [1.165, 1.54) is 16.3 Å². The van der Waals surface area contributed by atoms with Gasteiger partial charge in [0.05, 0.1) is 0 Å². The molecule has 1 radical (unpaired) electrons. The molecule has 0 nitrogen and oxygen atoms in total. The third kappa shape index (κ3) is 1.16. The van der Waals surface area contributed by atoms with Gasteiger partial charge in [0.1, 0.15) is 0 Å². The summed E-state index contributed by atoms with van der Waals surface area (Å²) in [6, 6.07) is 12.4.